The van der Waals surface area contributed by atoms with Gasteiger partial charge in [-0.1, -0.05) is 328 Å². The number of benzene rings is 18. The predicted molar refractivity (Wildman–Crippen MR) is 415 cm³/mol. The summed E-state index contributed by atoms with van der Waals surface area (Å²) >= 11 is 0. The highest BCUT2D eigenvalue weighted by atomic mass is 16.3. The molecule has 0 bridgehead atoms. The molecule has 0 saturated carbocycles. The largest absolute Gasteiger partial charge is 0.455 e. The summed E-state index contributed by atoms with van der Waals surface area (Å²) in [5.41, 5.74) is 24.4. The van der Waals surface area contributed by atoms with Crippen molar-refractivity contribution in [3.63, 3.8) is 0 Å². The van der Waals surface area contributed by atoms with Gasteiger partial charge in [0.15, 0.2) is 0 Å². The van der Waals surface area contributed by atoms with E-state index in [4.69, 9.17) is 8.83 Å². The summed E-state index contributed by atoms with van der Waals surface area (Å²) in [6.45, 7) is 0. The maximum atomic E-state index is 7.13. The molecule has 0 unspecified atom stereocenters. The molecule has 0 aliphatic carbocycles. The van der Waals surface area contributed by atoms with Crippen molar-refractivity contribution >= 4 is 109 Å². The van der Waals surface area contributed by atoms with Crippen LogP contribution in [0, 0.1) is 0 Å². The number of hydrogen-bond donors (Lipinski definition) is 0. The second-order valence-electron chi connectivity index (χ2n) is 25.9. The summed E-state index contributed by atoms with van der Waals surface area (Å²) in [5, 5.41) is 18.9. The molecule has 0 fully saturated rings. The first kappa shape index (κ1) is 55.6. The minimum absolute atomic E-state index is 0.861. The molecule has 0 N–H and O–H groups in total. The fourth-order valence-corrected chi connectivity index (χ4v) is 16.4. The molecule has 0 radical (unpaired) electrons. The first-order valence-electron chi connectivity index (χ1n) is 33.8. The fourth-order valence-electron chi connectivity index (χ4n) is 16.4. The van der Waals surface area contributed by atoms with Gasteiger partial charge in [0, 0.05) is 32.7 Å². The van der Waals surface area contributed by atoms with Gasteiger partial charge in [-0.2, -0.15) is 0 Å². The molecule has 454 valence electrons. The molecule has 0 atom stereocenters. The highest BCUT2D eigenvalue weighted by Gasteiger charge is 2.27. The molecular formula is C96H58O2. The SMILES string of the molecule is c1ccc(-c2cccc3c2oc2cccc(-c4c5ccccc5c(-c5ccc(-c6ccc(-c7ccc(-c8c9ccccc9c(-c9ccccc9-c9cccc%10ccccc9%10)c9ccccc89)c8c7oc7ccccc78)cc6)cc5-c5cccc6ccccc56)c5ccccc45)c23)cc1. The van der Waals surface area contributed by atoms with Crippen LogP contribution in [0.2, 0.25) is 0 Å². The maximum Gasteiger partial charge on any atom is 0.143 e. The van der Waals surface area contributed by atoms with Crippen molar-refractivity contribution in [2.24, 2.45) is 0 Å². The summed E-state index contributed by atoms with van der Waals surface area (Å²) < 4.78 is 14.0. The molecule has 20 aromatic rings. The lowest BCUT2D eigenvalue weighted by Crippen LogP contribution is -1.94. The van der Waals surface area contributed by atoms with Crippen LogP contribution in [0.25, 0.3) is 209 Å². The van der Waals surface area contributed by atoms with E-state index < -0.39 is 0 Å². The van der Waals surface area contributed by atoms with Gasteiger partial charge < -0.3 is 8.83 Å². The Hall–Kier alpha value is -12.9. The average Bonchev–Trinajstić information content (AvgIpc) is 1.18. The summed E-state index contributed by atoms with van der Waals surface area (Å²) in [7, 11) is 0. The van der Waals surface area contributed by atoms with Gasteiger partial charge in [0.1, 0.15) is 22.3 Å². The van der Waals surface area contributed by atoms with Gasteiger partial charge in [-0.15, -0.1) is 0 Å². The molecule has 0 spiro atoms. The Kier molecular flexibility index (Phi) is 12.7. The minimum Gasteiger partial charge on any atom is -0.455 e. The molecule has 2 heterocycles. The van der Waals surface area contributed by atoms with E-state index >= 15 is 0 Å². The number of fused-ring (bicyclic) bond motifs is 12. The van der Waals surface area contributed by atoms with Gasteiger partial charge in [-0.25, -0.2) is 0 Å². The molecule has 20 rings (SSSR count). The Morgan fingerprint density at radius 1 is 0.153 bits per heavy atom. The van der Waals surface area contributed by atoms with Crippen LogP contribution < -0.4 is 0 Å². The van der Waals surface area contributed by atoms with E-state index in [1.54, 1.807) is 0 Å². The van der Waals surface area contributed by atoms with Crippen molar-refractivity contribution in [3.8, 4) is 100 Å². The molecule has 0 amide bonds. The van der Waals surface area contributed by atoms with Crippen molar-refractivity contribution in [1.29, 1.82) is 0 Å². The van der Waals surface area contributed by atoms with Crippen LogP contribution >= 0.6 is 0 Å². The van der Waals surface area contributed by atoms with Crippen molar-refractivity contribution in [2.45, 2.75) is 0 Å². The zero-order chi connectivity index (χ0) is 64.4. The fraction of sp³-hybridized carbons (Fsp3) is 0. The van der Waals surface area contributed by atoms with E-state index in [0.717, 1.165) is 88.4 Å². The molecular weight excluding hydrogens is 1190 g/mol. The lowest BCUT2D eigenvalue weighted by Gasteiger charge is -2.21. The monoisotopic (exact) mass is 1240 g/mol. The van der Waals surface area contributed by atoms with Crippen molar-refractivity contribution < 1.29 is 8.83 Å². The van der Waals surface area contributed by atoms with E-state index in [0.29, 0.717) is 0 Å². The second-order valence-corrected chi connectivity index (χ2v) is 25.9. The Bertz CT molecular complexity index is 6540. The van der Waals surface area contributed by atoms with E-state index in [2.05, 4.69) is 352 Å². The first-order valence-corrected chi connectivity index (χ1v) is 33.8. The zero-order valence-electron chi connectivity index (χ0n) is 53.3. The lowest BCUT2D eigenvalue weighted by atomic mass is 9.82. The van der Waals surface area contributed by atoms with Crippen LogP contribution in [0.5, 0.6) is 0 Å². The summed E-state index contributed by atoms with van der Waals surface area (Å²) in [5.74, 6) is 0. The molecule has 2 heteroatoms. The minimum atomic E-state index is 0.861. The number of hydrogen-bond acceptors (Lipinski definition) is 2. The number of para-hydroxylation sites is 2. The molecule has 18 aromatic carbocycles. The first-order chi connectivity index (χ1) is 48.7. The Balaban J connectivity index is 0.740. The van der Waals surface area contributed by atoms with Crippen LogP contribution in [0.15, 0.2) is 361 Å². The smallest absolute Gasteiger partial charge is 0.143 e. The third-order valence-corrected chi connectivity index (χ3v) is 20.7. The quantitative estimate of drug-likeness (QED) is 0.135. The lowest BCUT2D eigenvalue weighted by molar-refractivity contribution is 0.669. The van der Waals surface area contributed by atoms with Crippen molar-refractivity contribution in [1.82, 2.24) is 0 Å². The van der Waals surface area contributed by atoms with Gasteiger partial charge in [0.25, 0.3) is 0 Å². The third-order valence-electron chi connectivity index (χ3n) is 20.7. The van der Waals surface area contributed by atoms with Gasteiger partial charge in [0.2, 0.25) is 0 Å². The summed E-state index contributed by atoms with van der Waals surface area (Å²) in [6, 6.07) is 129. The highest BCUT2D eigenvalue weighted by molar-refractivity contribution is 6.29. The normalized spacial score (nSPS) is 11.9. The summed E-state index contributed by atoms with van der Waals surface area (Å²) in [6.07, 6.45) is 0. The zero-order valence-corrected chi connectivity index (χ0v) is 53.3. The van der Waals surface area contributed by atoms with Crippen molar-refractivity contribution in [3.05, 3.63) is 352 Å². The summed E-state index contributed by atoms with van der Waals surface area (Å²) in [4.78, 5) is 0. The predicted octanol–water partition coefficient (Wildman–Crippen LogP) is 27.4. The van der Waals surface area contributed by atoms with E-state index in [1.165, 1.54) is 120 Å². The highest BCUT2D eigenvalue weighted by Crippen LogP contribution is 2.53. The Morgan fingerprint density at radius 3 is 1.09 bits per heavy atom. The number of rotatable bonds is 9. The van der Waals surface area contributed by atoms with E-state index in [1.807, 2.05) is 0 Å². The van der Waals surface area contributed by atoms with Gasteiger partial charge in [-0.05, 0) is 178 Å². The molecule has 0 aliphatic rings. The third kappa shape index (κ3) is 8.61. The van der Waals surface area contributed by atoms with E-state index in [-0.39, 0.29) is 0 Å². The molecule has 0 saturated heterocycles. The van der Waals surface area contributed by atoms with E-state index in [9.17, 15) is 0 Å². The Labute approximate surface area is 565 Å². The Morgan fingerprint density at radius 2 is 0.490 bits per heavy atom. The molecule has 0 aliphatic heterocycles. The van der Waals surface area contributed by atoms with Crippen molar-refractivity contribution in [2.75, 3.05) is 0 Å². The maximum absolute atomic E-state index is 7.13. The van der Waals surface area contributed by atoms with Crippen LogP contribution in [0.1, 0.15) is 0 Å². The van der Waals surface area contributed by atoms with Crippen LogP contribution in [0.3, 0.4) is 0 Å². The van der Waals surface area contributed by atoms with Gasteiger partial charge in [-0.3, -0.25) is 0 Å². The standard InChI is InChI=1S/C96H58O2/c1-2-24-62(25-3-1)67-43-22-47-85-93-83(46-23-49-88(93)98-95(67)85)91-77-38-14-12-36-75(77)90(76-37-13-15-39-78(76)91)81-55-54-64(58-86(81)70-45-21-29-61-27-5-7-31-66(61)70)59-50-52-63(53-51-59)68-56-57-84(94-82-42-18-19-48-87(82)97-96(68)94)92-79-40-16-10-34-73(79)89(74-35-11-17-41-80(74)92)72-33-9-8-32-71(72)69-44-20-28-60-26-4-6-30-65(60)69/h1-58H. The molecule has 2 aromatic heterocycles. The van der Waals surface area contributed by atoms with Crippen LogP contribution in [0.4, 0.5) is 0 Å². The molecule has 2 nitrogen and oxygen atoms in total. The van der Waals surface area contributed by atoms with Gasteiger partial charge in [0.05, 0.1) is 0 Å². The van der Waals surface area contributed by atoms with Gasteiger partial charge >= 0.3 is 0 Å². The average molecular weight is 1240 g/mol. The number of furan rings is 2. The van der Waals surface area contributed by atoms with Crippen LogP contribution in [-0.2, 0) is 0 Å². The molecule has 98 heavy (non-hydrogen) atoms. The topological polar surface area (TPSA) is 26.3 Å². The van der Waals surface area contributed by atoms with Crippen LogP contribution in [-0.4, -0.2) is 0 Å². The second kappa shape index (κ2) is 22.4.